The molecule has 0 aromatic heterocycles. The van der Waals surface area contributed by atoms with Crippen LogP contribution in [0.2, 0.25) is 0 Å². The lowest BCUT2D eigenvalue weighted by Gasteiger charge is -2.25. The highest BCUT2D eigenvalue weighted by Crippen LogP contribution is 2.19. The second-order valence-electron chi connectivity index (χ2n) is 6.58. The van der Waals surface area contributed by atoms with E-state index in [1.807, 2.05) is 45.9 Å². The summed E-state index contributed by atoms with van der Waals surface area (Å²) in [6.45, 7) is 9.81. The Morgan fingerprint density at radius 3 is 2.46 bits per heavy atom. The van der Waals surface area contributed by atoms with E-state index >= 15 is 0 Å². The molecular weight excluding hydrogens is 308 g/mol. The van der Waals surface area contributed by atoms with Crippen molar-refractivity contribution in [1.29, 1.82) is 0 Å². The predicted molar refractivity (Wildman–Crippen MR) is 93.9 cm³/mol. The molecule has 6 nitrogen and oxygen atoms in total. The third kappa shape index (κ3) is 6.58. The first-order valence-corrected chi connectivity index (χ1v) is 8.08. The lowest BCUT2D eigenvalue weighted by atomic mass is 10.1. The summed E-state index contributed by atoms with van der Waals surface area (Å²) < 4.78 is 10.6. The van der Waals surface area contributed by atoms with Crippen LogP contribution in [0.25, 0.3) is 0 Å². The molecule has 0 saturated heterocycles. The molecule has 1 aromatic carbocycles. The zero-order valence-corrected chi connectivity index (χ0v) is 15.4. The Morgan fingerprint density at radius 1 is 1.25 bits per heavy atom. The van der Waals surface area contributed by atoms with Crippen LogP contribution in [0.1, 0.15) is 40.2 Å². The maximum Gasteiger partial charge on any atom is 0.410 e. The van der Waals surface area contributed by atoms with Crippen molar-refractivity contribution in [3.8, 4) is 0 Å². The average Bonchev–Trinajstić information content (AvgIpc) is 2.47. The Labute approximate surface area is 144 Å². The molecule has 1 aromatic rings. The Hall–Kier alpha value is -2.08. The number of hydrogen-bond acceptors (Lipinski definition) is 4. The fourth-order valence-corrected chi connectivity index (χ4v) is 2.00. The fourth-order valence-electron chi connectivity index (χ4n) is 2.00. The molecule has 0 spiro atoms. The molecule has 0 fully saturated rings. The van der Waals surface area contributed by atoms with Crippen molar-refractivity contribution in [1.82, 2.24) is 4.90 Å². The summed E-state index contributed by atoms with van der Waals surface area (Å²) >= 11 is 0. The molecule has 134 valence electrons. The molecule has 6 heteroatoms. The van der Waals surface area contributed by atoms with Crippen molar-refractivity contribution in [3.63, 3.8) is 0 Å². The van der Waals surface area contributed by atoms with Gasteiger partial charge in [0, 0.05) is 19.3 Å². The van der Waals surface area contributed by atoms with Crippen LogP contribution in [0.4, 0.5) is 10.5 Å². The largest absolute Gasteiger partial charge is 0.444 e. The summed E-state index contributed by atoms with van der Waals surface area (Å²) in [7, 11) is 1.66. The van der Waals surface area contributed by atoms with Gasteiger partial charge in [0.2, 0.25) is 0 Å². The van der Waals surface area contributed by atoms with Gasteiger partial charge in [0.1, 0.15) is 11.7 Å². The summed E-state index contributed by atoms with van der Waals surface area (Å²) in [6, 6.07) is 7.36. The Balaban J connectivity index is 2.79. The summed E-state index contributed by atoms with van der Waals surface area (Å²) in [5.74, 6) is -0.218. The lowest BCUT2D eigenvalue weighted by molar-refractivity contribution is -0.126. The van der Waals surface area contributed by atoms with E-state index in [2.05, 4.69) is 5.32 Å². The van der Waals surface area contributed by atoms with E-state index in [1.54, 1.807) is 20.0 Å². The third-order valence-electron chi connectivity index (χ3n) is 3.17. The lowest BCUT2D eigenvalue weighted by Crippen LogP contribution is -2.34. The molecule has 0 bridgehead atoms. The number of nitrogens with one attached hydrogen (secondary N) is 1. The van der Waals surface area contributed by atoms with Crippen LogP contribution in [0.3, 0.4) is 0 Å². The highest BCUT2D eigenvalue weighted by Gasteiger charge is 2.21. The minimum absolute atomic E-state index is 0.218. The van der Waals surface area contributed by atoms with Crippen molar-refractivity contribution in [3.05, 3.63) is 29.8 Å². The van der Waals surface area contributed by atoms with Gasteiger partial charge >= 0.3 is 6.09 Å². The van der Waals surface area contributed by atoms with Crippen molar-refractivity contribution in [2.24, 2.45) is 0 Å². The molecule has 0 radical (unpaired) electrons. The van der Waals surface area contributed by atoms with Gasteiger partial charge in [-0.2, -0.15) is 0 Å². The van der Waals surface area contributed by atoms with Crippen LogP contribution in [0.15, 0.2) is 24.3 Å². The van der Waals surface area contributed by atoms with Crippen LogP contribution >= 0.6 is 0 Å². The molecular formula is C18H28N2O4. The van der Waals surface area contributed by atoms with Crippen LogP contribution in [0.5, 0.6) is 0 Å². The van der Waals surface area contributed by atoms with E-state index in [4.69, 9.17) is 9.47 Å². The van der Waals surface area contributed by atoms with Crippen LogP contribution in [0, 0.1) is 0 Å². The van der Waals surface area contributed by atoms with E-state index in [0.717, 1.165) is 5.56 Å². The highest BCUT2D eigenvalue weighted by atomic mass is 16.6. The van der Waals surface area contributed by atoms with Gasteiger partial charge in [-0.1, -0.05) is 18.2 Å². The predicted octanol–water partition coefficient (Wildman–Crippen LogP) is 3.42. The summed E-state index contributed by atoms with van der Waals surface area (Å²) in [5.41, 5.74) is 0.929. The average molecular weight is 336 g/mol. The Morgan fingerprint density at radius 2 is 1.88 bits per heavy atom. The summed E-state index contributed by atoms with van der Waals surface area (Å²) in [5, 5.41) is 2.84. The molecule has 0 unspecified atom stereocenters. The molecule has 0 aliphatic carbocycles. The molecule has 1 N–H and O–H groups in total. The molecule has 1 rings (SSSR count). The van der Waals surface area contributed by atoms with Crippen molar-refractivity contribution >= 4 is 17.7 Å². The number of benzene rings is 1. The molecule has 1 atom stereocenters. The number of ether oxygens (including phenoxy) is 2. The molecule has 0 saturated carbocycles. The first kappa shape index (κ1) is 20.0. The minimum atomic E-state index is -0.550. The normalized spacial score (nSPS) is 12.4. The van der Waals surface area contributed by atoms with Gasteiger partial charge in [-0.15, -0.1) is 0 Å². The Bertz CT molecular complexity index is 566. The van der Waals surface area contributed by atoms with Gasteiger partial charge in [-0.25, -0.2) is 4.79 Å². The number of rotatable bonds is 6. The van der Waals surface area contributed by atoms with Crippen molar-refractivity contribution in [2.45, 2.75) is 52.9 Å². The van der Waals surface area contributed by atoms with E-state index in [9.17, 15) is 9.59 Å². The molecule has 0 aliphatic heterocycles. The Kier molecular flexibility index (Phi) is 7.22. The van der Waals surface area contributed by atoms with Gasteiger partial charge in [0.15, 0.2) is 0 Å². The molecule has 0 aliphatic rings. The van der Waals surface area contributed by atoms with Crippen molar-refractivity contribution in [2.75, 3.05) is 19.0 Å². The molecule has 0 heterocycles. The zero-order chi connectivity index (χ0) is 18.3. The minimum Gasteiger partial charge on any atom is -0.444 e. The second-order valence-corrected chi connectivity index (χ2v) is 6.58. The van der Waals surface area contributed by atoms with E-state index in [0.29, 0.717) is 18.8 Å². The molecule has 24 heavy (non-hydrogen) atoms. The highest BCUT2D eigenvalue weighted by molar-refractivity contribution is 5.94. The van der Waals surface area contributed by atoms with E-state index in [-0.39, 0.29) is 5.91 Å². The number of carbonyl (C=O) groups excluding carboxylic acids is 2. The zero-order valence-electron chi connectivity index (χ0n) is 15.4. The van der Waals surface area contributed by atoms with Crippen LogP contribution in [-0.4, -0.2) is 42.3 Å². The van der Waals surface area contributed by atoms with Gasteiger partial charge in [-0.05, 0) is 46.2 Å². The monoisotopic (exact) mass is 336 g/mol. The quantitative estimate of drug-likeness (QED) is 0.864. The second kappa shape index (κ2) is 8.68. The maximum absolute atomic E-state index is 12.1. The van der Waals surface area contributed by atoms with Gasteiger partial charge in [0.25, 0.3) is 5.91 Å². The number of anilines is 1. The molecule has 2 amide bonds. The van der Waals surface area contributed by atoms with E-state index in [1.165, 1.54) is 4.90 Å². The SMILES string of the molecule is CCO[C@H](C)C(=O)Nc1ccccc1CN(C)C(=O)OC(C)(C)C. The third-order valence-corrected chi connectivity index (χ3v) is 3.17. The smallest absolute Gasteiger partial charge is 0.410 e. The van der Waals surface area contributed by atoms with Gasteiger partial charge < -0.3 is 19.7 Å². The van der Waals surface area contributed by atoms with Gasteiger partial charge in [-0.3, -0.25) is 4.79 Å². The maximum atomic E-state index is 12.1. The standard InChI is InChI=1S/C18H28N2O4/c1-7-23-13(2)16(21)19-15-11-9-8-10-14(15)12-20(6)17(22)24-18(3,4)5/h8-11,13H,7,12H2,1-6H3,(H,19,21)/t13-/m1/s1. The first-order chi connectivity index (χ1) is 11.1. The van der Waals surface area contributed by atoms with Gasteiger partial charge in [0.05, 0.1) is 6.54 Å². The van der Waals surface area contributed by atoms with Crippen LogP contribution < -0.4 is 5.32 Å². The topological polar surface area (TPSA) is 67.9 Å². The number of amides is 2. The number of carbonyl (C=O) groups is 2. The first-order valence-electron chi connectivity index (χ1n) is 8.08. The number of nitrogens with zero attached hydrogens (tertiary/aromatic N) is 1. The number of para-hydroxylation sites is 1. The summed E-state index contributed by atoms with van der Waals surface area (Å²) in [4.78, 5) is 25.7. The van der Waals surface area contributed by atoms with Crippen LogP contribution in [-0.2, 0) is 20.8 Å². The van der Waals surface area contributed by atoms with Crippen molar-refractivity contribution < 1.29 is 19.1 Å². The van der Waals surface area contributed by atoms with E-state index < -0.39 is 17.8 Å². The fraction of sp³-hybridized carbons (Fsp3) is 0.556. The summed E-state index contributed by atoms with van der Waals surface area (Å²) in [6.07, 6.45) is -0.946. The number of hydrogen-bond donors (Lipinski definition) is 1.